The van der Waals surface area contributed by atoms with E-state index in [2.05, 4.69) is 47.1 Å². The monoisotopic (exact) mass is 612 g/mol. The van der Waals surface area contributed by atoms with Crippen molar-refractivity contribution < 1.29 is 32.6 Å². The van der Waals surface area contributed by atoms with Crippen molar-refractivity contribution in [1.82, 2.24) is 30.4 Å². The van der Waals surface area contributed by atoms with E-state index >= 15 is 0 Å². The van der Waals surface area contributed by atoms with E-state index < -0.39 is 18.2 Å². The Morgan fingerprint density at radius 3 is 2.60 bits per heavy atom. The first-order valence-electron chi connectivity index (χ1n) is 13.4. The molecule has 1 aromatic carbocycles. The van der Waals surface area contributed by atoms with Crippen LogP contribution >= 0.6 is 11.6 Å². The molecule has 1 atom stereocenters. The number of fused-ring (bicyclic) bond motifs is 1. The minimum atomic E-state index is -5.08. The molecule has 3 aromatic rings. The van der Waals surface area contributed by atoms with Gasteiger partial charge in [-0.3, -0.25) is 14.8 Å². The molecule has 0 bridgehead atoms. The topological polar surface area (TPSA) is 140 Å². The molecule has 5 rings (SSSR count). The molecule has 0 aliphatic carbocycles. The zero-order chi connectivity index (χ0) is 30.3. The molecule has 1 amide bonds. The fraction of sp³-hybridized carbons (Fsp3) is 0.500. The second kappa shape index (κ2) is 14.0. The maximum Gasteiger partial charge on any atom is 0.490 e. The maximum absolute atomic E-state index is 13.5. The molecule has 0 spiro atoms. The first kappa shape index (κ1) is 31.3. The number of carboxylic acid groups (broad SMARTS) is 1. The quantitative estimate of drug-likeness (QED) is 0.364. The van der Waals surface area contributed by atoms with Gasteiger partial charge in [-0.2, -0.15) is 18.3 Å². The van der Waals surface area contributed by atoms with Gasteiger partial charge in [0.1, 0.15) is 18.2 Å². The number of carboxylic acids is 1. The number of carbonyl (C=O) groups is 2. The zero-order valence-corrected chi connectivity index (χ0v) is 23.7. The van der Waals surface area contributed by atoms with E-state index in [9.17, 15) is 18.0 Å². The average molecular weight is 613 g/mol. The second-order valence-electron chi connectivity index (χ2n) is 9.63. The number of halogens is 4. The molecule has 12 nitrogen and oxygen atoms in total. The molecule has 3 N–H and O–H groups in total. The Kier molecular flexibility index (Phi) is 10.4. The Bertz CT molecular complexity index is 1370. The van der Waals surface area contributed by atoms with E-state index in [1.807, 2.05) is 24.3 Å². The van der Waals surface area contributed by atoms with Gasteiger partial charge in [0.05, 0.1) is 24.3 Å². The van der Waals surface area contributed by atoms with Gasteiger partial charge in [0.15, 0.2) is 5.65 Å². The number of benzene rings is 1. The largest absolute Gasteiger partial charge is 0.490 e. The number of ether oxygens (including phenoxy) is 1. The number of hydrogen-bond acceptors (Lipinski definition) is 9. The summed E-state index contributed by atoms with van der Waals surface area (Å²) >= 11 is 6.29. The summed E-state index contributed by atoms with van der Waals surface area (Å²) in [6.07, 6.45) is -2.76. The lowest BCUT2D eigenvalue weighted by molar-refractivity contribution is -0.192. The number of piperazine rings is 1. The number of nitrogens with one attached hydrogen (secondary N) is 2. The molecule has 4 heterocycles. The summed E-state index contributed by atoms with van der Waals surface area (Å²) in [6.45, 7) is 8.63. The standard InChI is InChI=1S/C24H31ClN8O2.C2HF3O2/c1-2-19-21-22(30-29-19)27-16-28-23(21)32-8-9-33(18-5-3-4-17(25)14-18)20(15-32)24(34)26-6-7-31-10-12-35-13-11-31;3-2(4,5)1(6)7/h3-5,14,16,20H,2,6-13,15H2,1H3,(H,26,34)(H,27,28,29,30);(H,6,7). The van der Waals surface area contributed by atoms with Crippen molar-refractivity contribution in [2.24, 2.45) is 0 Å². The van der Waals surface area contributed by atoms with Gasteiger partial charge in [-0.1, -0.05) is 24.6 Å². The first-order valence-corrected chi connectivity index (χ1v) is 13.8. The molecule has 2 aromatic heterocycles. The average Bonchev–Trinajstić information content (AvgIpc) is 3.41. The fourth-order valence-corrected chi connectivity index (χ4v) is 5.03. The van der Waals surface area contributed by atoms with Crippen LogP contribution in [0.4, 0.5) is 24.7 Å². The number of aliphatic carboxylic acids is 1. The minimum absolute atomic E-state index is 0.00357. The molecule has 1 unspecified atom stereocenters. The number of anilines is 2. The van der Waals surface area contributed by atoms with Gasteiger partial charge in [-0.05, 0) is 24.6 Å². The van der Waals surface area contributed by atoms with Crippen LogP contribution in [-0.4, -0.2) is 113 Å². The lowest BCUT2D eigenvalue weighted by Crippen LogP contribution is -2.60. The third-order valence-corrected chi connectivity index (χ3v) is 7.18. The van der Waals surface area contributed by atoms with E-state index in [-0.39, 0.29) is 5.91 Å². The highest BCUT2D eigenvalue weighted by molar-refractivity contribution is 6.30. The number of nitrogens with zero attached hydrogens (tertiary/aromatic N) is 6. The summed E-state index contributed by atoms with van der Waals surface area (Å²) in [6, 6.07) is 7.29. The summed E-state index contributed by atoms with van der Waals surface area (Å²) in [5.74, 6) is -1.94. The molecular weight excluding hydrogens is 581 g/mol. The molecule has 2 fully saturated rings. The number of H-pyrrole nitrogens is 1. The second-order valence-corrected chi connectivity index (χ2v) is 10.1. The molecule has 2 aliphatic rings. The molecule has 0 radical (unpaired) electrons. The van der Waals surface area contributed by atoms with Crippen LogP contribution in [0, 0.1) is 0 Å². The minimum Gasteiger partial charge on any atom is -0.475 e. The summed E-state index contributed by atoms with van der Waals surface area (Å²) in [5, 5.41) is 19.3. The predicted molar refractivity (Wildman–Crippen MR) is 150 cm³/mol. The van der Waals surface area contributed by atoms with Gasteiger partial charge < -0.3 is 25.0 Å². The number of aromatic amines is 1. The molecule has 2 saturated heterocycles. The van der Waals surface area contributed by atoms with Gasteiger partial charge in [0.25, 0.3) is 0 Å². The Balaban J connectivity index is 0.000000517. The van der Waals surface area contributed by atoms with Crippen molar-refractivity contribution in [3.05, 3.63) is 41.3 Å². The summed E-state index contributed by atoms with van der Waals surface area (Å²) in [7, 11) is 0. The van der Waals surface area contributed by atoms with Gasteiger partial charge in [0.2, 0.25) is 5.91 Å². The van der Waals surface area contributed by atoms with E-state index in [4.69, 9.17) is 26.2 Å². The number of rotatable bonds is 7. The van der Waals surface area contributed by atoms with Crippen LogP contribution in [0.1, 0.15) is 12.6 Å². The number of carbonyl (C=O) groups excluding carboxylic acids is 1. The fourth-order valence-electron chi connectivity index (χ4n) is 4.84. The highest BCUT2D eigenvalue weighted by atomic mass is 35.5. The van der Waals surface area contributed by atoms with Crippen LogP contribution in [0.15, 0.2) is 30.6 Å². The normalized spacial score (nSPS) is 18.0. The maximum atomic E-state index is 13.5. The number of alkyl halides is 3. The molecule has 2 aliphatic heterocycles. The highest BCUT2D eigenvalue weighted by Gasteiger charge is 2.38. The van der Waals surface area contributed by atoms with Crippen LogP contribution in [0.2, 0.25) is 5.02 Å². The van der Waals surface area contributed by atoms with Crippen molar-refractivity contribution in [3.63, 3.8) is 0 Å². The lowest BCUT2D eigenvalue weighted by atomic mass is 10.1. The van der Waals surface area contributed by atoms with Gasteiger partial charge in [-0.25, -0.2) is 14.8 Å². The van der Waals surface area contributed by atoms with Crippen LogP contribution in [0.25, 0.3) is 11.0 Å². The summed E-state index contributed by atoms with van der Waals surface area (Å²) in [4.78, 5) is 38.0. The summed E-state index contributed by atoms with van der Waals surface area (Å²) in [5.41, 5.74) is 2.59. The van der Waals surface area contributed by atoms with Crippen molar-refractivity contribution in [2.75, 3.05) is 68.8 Å². The van der Waals surface area contributed by atoms with Crippen LogP contribution in [-0.2, 0) is 20.7 Å². The van der Waals surface area contributed by atoms with E-state index in [0.29, 0.717) is 31.2 Å². The van der Waals surface area contributed by atoms with Crippen molar-refractivity contribution >= 4 is 46.0 Å². The van der Waals surface area contributed by atoms with Gasteiger partial charge >= 0.3 is 12.1 Å². The highest BCUT2D eigenvalue weighted by Crippen LogP contribution is 2.30. The Hall–Kier alpha value is -3.69. The predicted octanol–water partition coefficient (Wildman–Crippen LogP) is 2.35. The number of morpholine rings is 1. The lowest BCUT2D eigenvalue weighted by Gasteiger charge is -2.42. The summed E-state index contributed by atoms with van der Waals surface area (Å²) < 4.78 is 37.2. The van der Waals surface area contributed by atoms with E-state index in [1.54, 1.807) is 6.33 Å². The van der Waals surface area contributed by atoms with Crippen LogP contribution in [0.3, 0.4) is 0 Å². The van der Waals surface area contributed by atoms with Crippen LogP contribution in [0.5, 0.6) is 0 Å². The van der Waals surface area contributed by atoms with Crippen LogP contribution < -0.4 is 15.1 Å². The Morgan fingerprint density at radius 2 is 1.93 bits per heavy atom. The molecule has 16 heteroatoms. The molecule has 228 valence electrons. The number of hydrogen-bond donors (Lipinski definition) is 3. The number of aromatic nitrogens is 4. The Morgan fingerprint density at radius 1 is 1.19 bits per heavy atom. The number of aryl methyl sites for hydroxylation is 1. The van der Waals surface area contributed by atoms with E-state index in [1.165, 1.54) is 0 Å². The van der Waals surface area contributed by atoms with Crippen molar-refractivity contribution in [1.29, 1.82) is 0 Å². The molecular formula is C26H32ClF3N8O4. The molecule has 42 heavy (non-hydrogen) atoms. The third kappa shape index (κ3) is 7.77. The Labute approximate surface area is 244 Å². The van der Waals surface area contributed by atoms with Crippen molar-refractivity contribution in [2.45, 2.75) is 25.6 Å². The third-order valence-electron chi connectivity index (χ3n) is 6.94. The van der Waals surface area contributed by atoms with Crippen molar-refractivity contribution in [3.8, 4) is 0 Å². The number of amides is 1. The smallest absolute Gasteiger partial charge is 0.475 e. The first-order chi connectivity index (χ1) is 20.1. The zero-order valence-electron chi connectivity index (χ0n) is 22.9. The SMILES string of the molecule is CCc1n[nH]c2ncnc(N3CCN(c4cccc(Cl)c4)C(C(=O)NCCN4CCOCC4)C3)c12.O=C(O)C(F)(F)F. The van der Waals surface area contributed by atoms with E-state index in [0.717, 1.165) is 67.5 Å². The van der Waals surface area contributed by atoms with Gasteiger partial charge in [0, 0.05) is 56.5 Å². The molecule has 0 saturated carbocycles. The van der Waals surface area contributed by atoms with Gasteiger partial charge in [-0.15, -0.1) is 0 Å².